The third-order valence-electron chi connectivity index (χ3n) is 5.65. The first-order valence-electron chi connectivity index (χ1n) is 10.9. The summed E-state index contributed by atoms with van der Waals surface area (Å²) in [7, 11) is 1.40. The van der Waals surface area contributed by atoms with Crippen LogP contribution in [0.25, 0.3) is 0 Å². The minimum absolute atomic E-state index is 0.255. The molecule has 4 rings (SSSR count). The van der Waals surface area contributed by atoms with E-state index in [0.717, 1.165) is 22.4 Å². The van der Waals surface area contributed by atoms with Crippen LogP contribution in [-0.4, -0.2) is 36.3 Å². The number of nitrogens with zero attached hydrogens (tertiary/aromatic N) is 1. The van der Waals surface area contributed by atoms with Crippen molar-refractivity contribution in [1.29, 1.82) is 0 Å². The van der Waals surface area contributed by atoms with Gasteiger partial charge in [0.15, 0.2) is 6.29 Å². The van der Waals surface area contributed by atoms with Crippen LogP contribution in [0.15, 0.2) is 53.9 Å². The van der Waals surface area contributed by atoms with Crippen LogP contribution in [0.4, 0.5) is 14.9 Å². The highest BCUT2D eigenvalue weighted by molar-refractivity contribution is 7.10. The van der Waals surface area contributed by atoms with Crippen LogP contribution >= 0.6 is 11.3 Å². The molecule has 2 unspecified atom stereocenters. The lowest BCUT2D eigenvalue weighted by atomic mass is 10.0. The molecule has 7 nitrogen and oxygen atoms in total. The number of hydrogen-bond donors (Lipinski definition) is 2. The fourth-order valence-corrected chi connectivity index (χ4v) is 4.67. The molecule has 2 heterocycles. The molecule has 2 amide bonds. The lowest BCUT2D eigenvalue weighted by molar-refractivity contribution is -0.0738. The Bertz CT molecular complexity index is 1140. The predicted molar refractivity (Wildman–Crippen MR) is 127 cm³/mol. The maximum absolute atomic E-state index is 13.4. The standard InChI is InChI=1S/C25H27FN2O5S/c1-16-20-13-18(15-32-14-17-4-3-5-19(26)12-17)6-7-22(20)33-10-9-28(16)25(30)27-21-8-11-34-23(21)24(29)31-2/h3-8,11-13,16,24,29H,9-10,14-15H2,1-2H3,(H,27,30). The maximum Gasteiger partial charge on any atom is 0.322 e. The number of carbonyl (C=O) groups excluding carboxylic acids is 1. The number of hydrogen-bond acceptors (Lipinski definition) is 6. The molecule has 180 valence electrons. The highest BCUT2D eigenvalue weighted by Gasteiger charge is 2.28. The number of urea groups is 1. The Balaban J connectivity index is 1.45. The van der Waals surface area contributed by atoms with Crippen molar-refractivity contribution >= 4 is 23.1 Å². The van der Waals surface area contributed by atoms with E-state index in [-0.39, 0.29) is 17.9 Å². The second-order valence-corrected chi connectivity index (χ2v) is 8.88. The average molecular weight is 487 g/mol. The van der Waals surface area contributed by atoms with E-state index in [9.17, 15) is 14.3 Å². The van der Waals surface area contributed by atoms with Gasteiger partial charge >= 0.3 is 6.03 Å². The van der Waals surface area contributed by atoms with E-state index < -0.39 is 6.29 Å². The van der Waals surface area contributed by atoms with E-state index >= 15 is 0 Å². The molecule has 0 spiro atoms. The molecule has 1 aliphatic heterocycles. The average Bonchev–Trinajstić information content (AvgIpc) is 3.22. The minimum Gasteiger partial charge on any atom is -0.491 e. The van der Waals surface area contributed by atoms with E-state index in [1.54, 1.807) is 22.4 Å². The first kappa shape index (κ1) is 24.2. The van der Waals surface area contributed by atoms with Crippen molar-refractivity contribution < 1.29 is 28.5 Å². The van der Waals surface area contributed by atoms with Gasteiger partial charge in [-0.1, -0.05) is 18.2 Å². The van der Waals surface area contributed by atoms with Crippen molar-refractivity contribution in [3.05, 3.63) is 81.3 Å². The van der Waals surface area contributed by atoms with Crippen molar-refractivity contribution in [2.24, 2.45) is 0 Å². The van der Waals surface area contributed by atoms with Crippen molar-refractivity contribution in [3.63, 3.8) is 0 Å². The summed E-state index contributed by atoms with van der Waals surface area (Å²) in [4.78, 5) is 15.4. The molecule has 0 saturated heterocycles. The highest BCUT2D eigenvalue weighted by atomic mass is 32.1. The number of thiophene rings is 1. The van der Waals surface area contributed by atoms with Crippen LogP contribution in [0.1, 0.15) is 40.8 Å². The lowest BCUT2D eigenvalue weighted by Crippen LogP contribution is -2.38. The Morgan fingerprint density at radius 1 is 1.26 bits per heavy atom. The van der Waals surface area contributed by atoms with Gasteiger partial charge in [0.2, 0.25) is 0 Å². The molecule has 2 aromatic carbocycles. The second kappa shape index (κ2) is 11.0. The molecule has 0 fully saturated rings. The molecule has 1 aromatic heterocycles. The van der Waals surface area contributed by atoms with Crippen LogP contribution in [0.2, 0.25) is 0 Å². The smallest absolute Gasteiger partial charge is 0.322 e. The minimum atomic E-state index is -1.10. The highest BCUT2D eigenvalue weighted by Crippen LogP contribution is 2.34. The number of aliphatic hydroxyl groups is 1. The van der Waals surface area contributed by atoms with Gasteiger partial charge in [0, 0.05) is 12.7 Å². The summed E-state index contributed by atoms with van der Waals surface area (Å²) in [5.41, 5.74) is 3.08. The summed E-state index contributed by atoms with van der Waals surface area (Å²) >= 11 is 1.31. The van der Waals surface area contributed by atoms with Crippen molar-refractivity contribution in [2.45, 2.75) is 32.5 Å². The lowest BCUT2D eigenvalue weighted by Gasteiger charge is -2.27. The summed E-state index contributed by atoms with van der Waals surface area (Å²) < 4.78 is 30.0. The van der Waals surface area contributed by atoms with Gasteiger partial charge in [0.25, 0.3) is 0 Å². The third-order valence-corrected chi connectivity index (χ3v) is 6.60. The Labute approximate surface area is 201 Å². The predicted octanol–water partition coefficient (Wildman–Crippen LogP) is 5.23. The van der Waals surface area contributed by atoms with Gasteiger partial charge in [-0.3, -0.25) is 0 Å². The van der Waals surface area contributed by atoms with Crippen molar-refractivity contribution in [3.8, 4) is 5.75 Å². The van der Waals surface area contributed by atoms with Gasteiger partial charge in [-0.15, -0.1) is 11.3 Å². The molecular formula is C25H27FN2O5S. The molecule has 0 aliphatic carbocycles. The first-order chi connectivity index (χ1) is 16.5. The number of aliphatic hydroxyl groups excluding tert-OH is 1. The number of amides is 2. The fraction of sp³-hybridized carbons (Fsp3) is 0.320. The Morgan fingerprint density at radius 2 is 2.06 bits per heavy atom. The molecule has 2 N–H and O–H groups in total. The van der Waals surface area contributed by atoms with E-state index in [1.807, 2.05) is 31.2 Å². The number of ether oxygens (including phenoxy) is 3. The van der Waals surface area contributed by atoms with E-state index in [2.05, 4.69) is 5.32 Å². The first-order valence-corrected chi connectivity index (χ1v) is 11.8. The Hall–Kier alpha value is -2.98. The van der Waals surface area contributed by atoms with Crippen molar-refractivity contribution in [1.82, 2.24) is 4.90 Å². The summed E-state index contributed by atoms with van der Waals surface area (Å²) in [5, 5.41) is 14.7. The van der Waals surface area contributed by atoms with E-state index in [4.69, 9.17) is 14.2 Å². The van der Waals surface area contributed by atoms with Crippen LogP contribution < -0.4 is 10.1 Å². The molecule has 9 heteroatoms. The molecule has 0 saturated carbocycles. The molecule has 2 atom stereocenters. The summed E-state index contributed by atoms with van der Waals surface area (Å²) in [6, 6.07) is 13.3. The second-order valence-electron chi connectivity index (χ2n) is 7.93. The topological polar surface area (TPSA) is 80.3 Å². The summed E-state index contributed by atoms with van der Waals surface area (Å²) in [6.45, 7) is 3.35. The van der Waals surface area contributed by atoms with E-state index in [1.165, 1.54) is 30.6 Å². The summed E-state index contributed by atoms with van der Waals surface area (Å²) in [6.07, 6.45) is -1.10. The number of fused-ring (bicyclic) bond motifs is 1. The van der Waals surface area contributed by atoms with Crippen molar-refractivity contribution in [2.75, 3.05) is 25.6 Å². The normalized spacial score (nSPS) is 16.4. The molecule has 0 radical (unpaired) electrons. The van der Waals surface area contributed by atoms with Gasteiger partial charge in [-0.2, -0.15) is 0 Å². The van der Waals surface area contributed by atoms with Crippen LogP contribution in [-0.2, 0) is 22.7 Å². The van der Waals surface area contributed by atoms with Gasteiger partial charge in [0.05, 0.1) is 36.4 Å². The van der Waals surface area contributed by atoms with Crippen LogP contribution in [0.5, 0.6) is 5.75 Å². The fourth-order valence-electron chi connectivity index (χ4n) is 3.86. The zero-order valence-electron chi connectivity index (χ0n) is 19.0. The number of methoxy groups -OCH3 is 1. The van der Waals surface area contributed by atoms with Crippen LogP contribution in [0, 0.1) is 5.82 Å². The number of nitrogens with one attached hydrogen (secondary N) is 1. The number of carbonyl (C=O) groups is 1. The molecule has 34 heavy (non-hydrogen) atoms. The van der Waals surface area contributed by atoms with Gasteiger partial charge in [-0.05, 0) is 53.8 Å². The largest absolute Gasteiger partial charge is 0.491 e. The Kier molecular flexibility index (Phi) is 7.79. The molecule has 3 aromatic rings. The van der Waals surface area contributed by atoms with Crippen LogP contribution in [0.3, 0.4) is 0 Å². The number of halogens is 1. The Morgan fingerprint density at radius 3 is 2.82 bits per heavy atom. The number of benzene rings is 2. The van der Waals surface area contributed by atoms with Gasteiger partial charge in [-0.25, -0.2) is 9.18 Å². The zero-order chi connectivity index (χ0) is 24.1. The SMILES string of the molecule is COC(O)c1sccc1NC(=O)N1CCOc2ccc(COCc3cccc(F)c3)cc2C1C. The molecule has 1 aliphatic rings. The molecule has 0 bridgehead atoms. The molecular weight excluding hydrogens is 459 g/mol. The monoisotopic (exact) mass is 486 g/mol. The number of rotatable bonds is 7. The zero-order valence-corrected chi connectivity index (χ0v) is 19.8. The quantitative estimate of drug-likeness (QED) is 0.447. The van der Waals surface area contributed by atoms with Gasteiger partial charge in [0.1, 0.15) is 18.2 Å². The van der Waals surface area contributed by atoms with E-state index in [0.29, 0.717) is 36.9 Å². The maximum atomic E-state index is 13.4. The third kappa shape index (κ3) is 5.56. The summed E-state index contributed by atoms with van der Waals surface area (Å²) in [5.74, 6) is 0.435. The van der Waals surface area contributed by atoms with Gasteiger partial charge < -0.3 is 29.5 Å². The number of anilines is 1.